The molecule has 1 unspecified atom stereocenters. The molecule has 4 nitrogen and oxygen atoms in total. The summed E-state index contributed by atoms with van der Waals surface area (Å²) in [4.78, 5) is 12.4. The second kappa shape index (κ2) is 4.14. The second-order valence-electron chi connectivity index (χ2n) is 4.39. The molecule has 0 saturated heterocycles. The molecule has 0 bridgehead atoms. The van der Waals surface area contributed by atoms with E-state index in [1.54, 1.807) is 7.05 Å². The molecule has 0 radical (unpaired) electrons. The summed E-state index contributed by atoms with van der Waals surface area (Å²) in [5.41, 5.74) is 2.64. The number of hydrogen-bond donors (Lipinski definition) is 1. The van der Waals surface area contributed by atoms with Gasteiger partial charge >= 0.3 is 0 Å². The molecule has 1 N–H and O–H groups in total. The number of nitrogens with one attached hydrogen (secondary N) is 1. The van der Waals surface area contributed by atoms with Crippen molar-refractivity contribution in [1.82, 2.24) is 9.78 Å². The summed E-state index contributed by atoms with van der Waals surface area (Å²) >= 11 is 6.00. The van der Waals surface area contributed by atoms with Gasteiger partial charge in [0.15, 0.2) is 0 Å². The van der Waals surface area contributed by atoms with E-state index in [-0.39, 0.29) is 11.8 Å². The van der Waals surface area contributed by atoms with Gasteiger partial charge in [0.1, 0.15) is 5.69 Å². The summed E-state index contributed by atoms with van der Waals surface area (Å²) in [6.07, 6.45) is 2.19. The van der Waals surface area contributed by atoms with E-state index in [9.17, 15) is 4.79 Å². The summed E-state index contributed by atoms with van der Waals surface area (Å²) in [7, 11) is 1.72. The van der Waals surface area contributed by atoms with E-state index in [1.807, 2.05) is 24.3 Å². The van der Waals surface area contributed by atoms with Gasteiger partial charge < -0.3 is 5.32 Å². The van der Waals surface area contributed by atoms with Crippen molar-refractivity contribution >= 4 is 23.1 Å². The molecule has 2 heterocycles. The van der Waals surface area contributed by atoms with Crippen LogP contribution in [0.15, 0.2) is 30.5 Å². The van der Waals surface area contributed by atoms with Crippen LogP contribution >= 0.6 is 11.6 Å². The van der Waals surface area contributed by atoms with E-state index in [1.165, 1.54) is 10.9 Å². The zero-order valence-corrected chi connectivity index (χ0v) is 10.6. The van der Waals surface area contributed by atoms with Gasteiger partial charge in [0.05, 0.1) is 17.3 Å². The maximum atomic E-state index is 12.4. The molecule has 1 aromatic carbocycles. The molecule has 0 fully saturated rings. The molecule has 2 aromatic rings. The summed E-state index contributed by atoms with van der Waals surface area (Å²) in [6.45, 7) is 0. The number of hydrogen-bond acceptors (Lipinski definition) is 3. The van der Waals surface area contributed by atoms with Crippen LogP contribution in [0.4, 0.5) is 5.69 Å². The van der Waals surface area contributed by atoms with E-state index in [4.69, 9.17) is 11.6 Å². The summed E-state index contributed by atoms with van der Waals surface area (Å²) < 4.78 is 1.52. The number of Topliss-reactive ketones (excluding diaryl/α,β-unsaturated/α-hetero) is 1. The fourth-order valence-corrected chi connectivity index (χ4v) is 2.57. The van der Waals surface area contributed by atoms with Crippen LogP contribution in [0.1, 0.15) is 16.1 Å². The predicted molar refractivity (Wildman–Crippen MR) is 70.1 cm³/mol. The predicted octanol–water partition coefficient (Wildman–Crippen LogP) is 2.29. The minimum Gasteiger partial charge on any atom is -0.374 e. The Hall–Kier alpha value is -1.81. The van der Waals surface area contributed by atoms with Crippen molar-refractivity contribution in [2.45, 2.75) is 12.5 Å². The van der Waals surface area contributed by atoms with Crippen LogP contribution in [0.5, 0.6) is 0 Å². The number of fused-ring (bicyclic) bond motifs is 1. The average Bonchev–Trinajstić information content (AvgIpc) is 2.92. The van der Waals surface area contributed by atoms with E-state index in [0.717, 1.165) is 11.3 Å². The Labute approximate surface area is 110 Å². The number of carbonyl (C=O) groups excluding carboxylic acids is 1. The van der Waals surface area contributed by atoms with Gasteiger partial charge in [-0.3, -0.25) is 9.48 Å². The lowest BCUT2D eigenvalue weighted by Crippen LogP contribution is -2.29. The number of para-hydroxylation sites is 1. The fraction of sp³-hybridized carbons (Fsp3) is 0.231. The van der Waals surface area contributed by atoms with Crippen molar-refractivity contribution in [2.75, 3.05) is 5.32 Å². The number of aryl methyl sites for hydroxylation is 1. The van der Waals surface area contributed by atoms with Crippen LogP contribution in [0, 0.1) is 0 Å². The zero-order valence-electron chi connectivity index (χ0n) is 9.85. The van der Waals surface area contributed by atoms with Crippen LogP contribution in [-0.4, -0.2) is 21.6 Å². The van der Waals surface area contributed by atoms with Crippen molar-refractivity contribution in [1.29, 1.82) is 0 Å². The van der Waals surface area contributed by atoms with E-state index in [2.05, 4.69) is 10.4 Å². The van der Waals surface area contributed by atoms with Gasteiger partial charge in [-0.2, -0.15) is 5.10 Å². The Morgan fingerprint density at radius 2 is 2.28 bits per heavy atom. The highest BCUT2D eigenvalue weighted by Crippen LogP contribution is 2.28. The standard InChI is InChI=1S/C13H12ClN3O/c1-17-12(9(14)7-15-17)13(18)11-6-8-4-2-3-5-10(8)16-11/h2-5,7,11,16H,6H2,1H3. The molecule has 0 saturated carbocycles. The molecule has 1 aliphatic rings. The summed E-state index contributed by atoms with van der Waals surface area (Å²) in [6, 6.07) is 7.68. The minimum absolute atomic E-state index is 0.0174. The van der Waals surface area contributed by atoms with Crippen molar-refractivity contribution in [3.8, 4) is 0 Å². The molecule has 1 atom stereocenters. The molecular weight excluding hydrogens is 250 g/mol. The molecule has 0 aliphatic carbocycles. The van der Waals surface area contributed by atoms with E-state index in [0.29, 0.717) is 17.1 Å². The topological polar surface area (TPSA) is 46.9 Å². The van der Waals surface area contributed by atoms with E-state index >= 15 is 0 Å². The number of benzene rings is 1. The highest BCUT2D eigenvalue weighted by molar-refractivity contribution is 6.34. The first-order valence-electron chi connectivity index (χ1n) is 5.73. The smallest absolute Gasteiger partial charge is 0.204 e. The quantitative estimate of drug-likeness (QED) is 0.844. The Morgan fingerprint density at radius 1 is 1.50 bits per heavy atom. The lowest BCUT2D eigenvalue weighted by atomic mass is 10.1. The number of carbonyl (C=O) groups is 1. The largest absolute Gasteiger partial charge is 0.374 e. The Kier molecular flexibility index (Phi) is 2.59. The molecule has 5 heteroatoms. The monoisotopic (exact) mass is 261 g/mol. The number of anilines is 1. The molecule has 92 valence electrons. The number of ketones is 1. The van der Waals surface area contributed by atoms with Crippen molar-refractivity contribution < 1.29 is 4.79 Å². The van der Waals surface area contributed by atoms with Gasteiger partial charge in [-0.25, -0.2) is 0 Å². The number of rotatable bonds is 2. The SMILES string of the molecule is Cn1ncc(Cl)c1C(=O)C1Cc2ccccc2N1. The maximum Gasteiger partial charge on any atom is 0.204 e. The molecule has 1 aromatic heterocycles. The van der Waals surface area contributed by atoms with Gasteiger partial charge in [-0.15, -0.1) is 0 Å². The first kappa shape index (κ1) is 11.3. The fourth-order valence-electron chi connectivity index (χ4n) is 2.31. The van der Waals surface area contributed by atoms with Gasteiger partial charge in [0, 0.05) is 19.2 Å². The lowest BCUT2D eigenvalue weighted by Gasteiger charge is -2.10. The average molecular weight is 262 g/mol. The Morgan fingerprint density at radius 3 is 2.94 bits per heavy atom. The molecule has 18 heavy (non-hydrogen) atoms. The third-order valence-corrected chi connectivity index (χ3v) is 3.49. The van der Waals surface area contributed by atoms with E-state index < -0.39 is 0 Å². The Balaban J connectivity index is 1.89. The minimum atomic E-state index is -0.254. The molecule has 1 aliphatic heterocycles. The third-order valence-electron chi connectivity index (χ3n) is 3.22. The van der Waals surface area contributed by atoms with Crippen LogP contribution in [-0.2, 0) is 13.5 Å². The van der Waals surface area contributed by atoms with Gasteiger partial charge in [0.25, 0.3) is 0 Å². The highest BCUT2D eigenvalue weighted by atomic mass is 35.5. The lowest BCUT2D eigenvalue weighted by molar-refractivity contribution is 0.0962. The Bertz CT molecular complexity index is 576. The van der Waals surface area contributed by atoms with Crippen LogP contribution < -0.4 is 5.32 Å². The highest BCUT2D eigenvalue weighted by Gasteiger charge is 2.30. The van der Waals surface area contributed by atoms with Crippen molar-refractivity contribution in [2.24, 2.45) is 7.05 Å². The first-order chi connectivity index (χ1) is 8.66. The normalized spacial score (nSPS) is 17.3. The number of halogens is 1. The second-order valence-corrected chi connectivity index (χ2v) is 4.79. The van der Waals surface area contributed by atoms with Gasteiger partial charge in [-0.1, -0.05) is 29.8 Å². The van der Waals surface area contributed by atoms with Crippen LogP contribution in [0.3, 0.4) is 0 Å². The third kappa shape index (κ3) is 1.69. The maximum absolute atomic E-state index is 12.4. The van der Waals surface area contributed by atoms with Crippen molar-refractivity contribution in [3.05, 3.63) is 46.7 Å². The molecular formula is C13H12ClN3O. The summed E-state index contributed by atoms with van der Waals surface area (Å²) in [5.74, 6) is -0.0174. The zero-order chi connectivity index (χ0) is 12.7. The first-order valence-corrected chi connectivity index (χ1v) is 6.11. The number of aromatic nitrogens is 2. The van der Waals surface area contributed by atoms with Gasteiger partial charge in [-0.05, 0) is 11.6 Å². The molecule has 0 spiro atoms. The summed E-state index contributed by atoms with van der Waals surface area (Å²) in [5, 5.41) is 7.62. The number of nitrogens with zero attached hydrogens (tertiary/aromatic N) is 2. The van der Waals surface area contributed by atoms with Crippen LogP contribution in [0.2, 0.25) is 5.02 Å². The van der Waals surface area contributed by atoms with Gasteiger partial charge in [0.2, 0.25) is 5.78 Å². The molecule has 0 amide bonds. The van der Waals surface area contributed by atoms with Crippen LogP contribution in [0.25, 0.3) is 0 Å². The van der Waals surface area contributed by atoms with Crippen molar-refractivity contribution in [3.63, 3.8) is 0 Å². The molecule has 3 rings (SSSR count).